The summed E-state index contributed by atoms with van der Waals surface area (Å²) < 4.78 is 0. The number of rotatable bonds is 7. The largest absolute Gasteiger partial charge is 0.353 e. The van der Waals surface area contributed by atoms with Crippen molar-refractivity contribution in [3.05, 3.63) is 71.8 Å². The Morgan fingerprint density at radius 3 is 2.04 bits per heavy atom. The molecule has 2 aromatic carbocycles. The lowest BCUT2D eigenvalue weighted by Gasteiger charge is -2.32. The highest BCUT2D eigenvalue weighted by atomic mass is 16.1. The van der Waals surface area contributed by atoms with E-state index in [-0.39, 0.29) is 5.91 Å². The smallest absolute Gasteiger partial charge is 0.220 e. The third-order valence-electron chi connectivity index (χ3n) is 5.00. The number of likely N-dealkylation sites (tertiary alicyclic amines) is 1. The van der Waals surface area contributed by atoms with Crippen molar-refractivity contribution in [2.45, 2.75) is 38.1 Å². The van der Waals surface area contributed by atoms with Crippen molar-refractivity contribution in [2.24, 2.45) is 0 Å². The van der Waals surface area contributed by atoms with Crippen LogP contribution >= 0.6 is 0 Å². The van der Waals surface area contributed by atoms with E-state index in [4.69, 9.17) is 0 Å². The predicted molar refractivity (Wildman–Crippen MR) is 103 cm³/mol. The van der Waals surface area contributed by atoms with Gasteiger partial charge >= 0.3 is 0 Å². The summed E-state index contributed by atoms with van der Waals surface area (Å²) in [5, 5.41) is 3.22. The lowest BCUT2D eigenvalue weighted by atomic mass is 10.0. The lowest BCUT2D eigenvalue weighted by molar-refractivity contribution is -0.122. The first-order valence-corrected chi connectivity index (χ1v) is 9.39. The van der Waals surface area contributed by atoms with Crippen molar-refractivity contribution in [1.29, 1.82) is 0 Å². The summed E-state index contributed by atoms with van der Waals surface area (Å²) >= 11 is 0. The summed E-state index contributed by atoms with van der Waals surface area (Å²) in [6.07, 6.45) is 4.63. The average Bonchev–Trinajstić information content (AvgIpc) is 2.67. The van der Waals surface area contributed by atoms with E-state index in [1.54, 1.807) is 0 Å². The monoisotopic (exact) mass is 336 g/mol. The van der Waals surface area contributed by atoms with Gasteiger partial charge in [0.2, 0.25) is 5.91 Å². The summed E-state index contributed by atoms with van der Waals surface area (Å²) in [6, 6.07) is 21.2. The zero-order valence-electron chi connectivity index (χ0n) is 14.9. The van der Waals surface area contributed by atoms with Crippen LogP contribution in [0.5, 0.6) is 0 Å². The molecule has 3 rings (SSSR count). The topological polar surface area (TPSA) is 32.3 Å². The van der Waals surface area contributed by atoms with E-state index in [9.17, 15) is 4.79 Å². The highest BCUT2D eigenvalue weighted by molar-refractivity contribution is 5.76. The molecule has 1 N–H and O–H groups in total. The molecule has 1 aliphatic rings. The molecular weight excluding hydrogens is 308 g/mol. The van der Waals surface area contributed by atoms with Gasteiger partial charge in [-0.1, -0.05) is 60.7 Å². The lowest BCUT2D eigenvalue weighted by Crippen LogP contribution is -2.45. The van der Waals surface area contributed by atoms with Gasteiger partial charge in [0, 0.05) is 32.1 Å². The summed E-state index contributed by atoms with van der Waals surface area (Å²) in [5.74, 6) is 0.187. The van der Waals surface area contributed by atoms with Crippen LogP contribution in [0.15, 0.2) is 60.7 Å². The highest BCUT2D eigenvalue weighted by Gasteiger charge is 2.20. The van der Waals surface area contributed by atoms with Gasteiger partial charge in [-0.25, -0.2) is 0 Å². The number of carbonyl (C=O) groups excluding carboxylic acids is 1. The Hall–Kier alpha value is -2.13. The molecule has 0 saturated carbocycles. The number of nitrogens with one attached hydrogen (secondary N) is 1. The van der Waals surface area contributed by atoms with Gasteiger partial charge in [0.1, 0.15) is 0 Å². The molecule has 2 aromatic rings. The molecule has 3 nitrogen and oxygen atoms in total. The van der Waals surface area contributed by atoms with Gasteiger partial charge in [0.15, 0.2) is 0 Å². The minimum Gasteiger partial charge on any atom is -0.353 e. The van der Waals surface area contributed by atoms with Gasteiger partial charge in [-0.2, -0.15) is 0 Å². The van der Waals surface area contributed by atoms with Crippen molar-refractivity contribution in [1.82, 2.24) is 10.2 Å². The van der Waals surface area contributed by atoms with Crippen molar-refractivity contribution >= 4 is 5.91 Å². The zero-order valence-corrected chi connectivity index (χ0v) is 14.9. The molecular formula is C22H28N2O. The zero-order chi connectivity index (χ0) is 17.3. The van der Waals surface area contributed by atoms with Gasteiger partial charge in [0.05, 0.1) is 0 Å². The van der Waals surface area contributed by atoms with E-state index in [1.807, 2.05) is 18.2 Å². The standard InChI is InChI=1S/C22H28N2O/c25-22(12-11-19-7-3-1-4-8-19)23-21-14-17-24(18-15-21)16-13-20-9-5-2-6-10-20/h1-10,21H,11-18H2,(H,23,25). The summed E-state index contributed by atoms with van der Waals surface area (Å²) in [6.45, 7) is 3.27. The van der Waals surface area contributed by atoms with Gasteiger partial charge in [-0.05, 0) is 36.8 Å². The molecule has 1 fully saturated rings. The summed E-state index contributed by atoms with van der Waals surface area (Å²) in [5.41, 5.74) is 2.63. The number of carbonyl (C=O) groups is 1. The number of nitrogens with zero attached hydrogens (tertiary/aromatic N) is 1. The van der Waals surface area contributed by atoms with Gasteiger partial charge < -0.3 is 10.2 Å². The van der Waals surface area contributed by atoms with E-state index >= 15 is 0 Å². The van der Waals surface area contributed by atoms with Gasteiger partial charge in [-0.15, -0.1) is 0 Å². The predicted octanol–water partition coefficient (Wildman–Crippen LogP) is 3.44. The van der Waals surface area contributed by atoms with Crippen LogP contribution in [0, 0.1) is 0 Å². The Morgan fingerprint density at radius 2 is 1.44 bits per heavy atom. The average molecular weight is 336 g/mol. The second-order valence-electron chi connectivity index (χ2n) is 6.90. The molecule has 0 aromatic heterocycles. The first-order valence-electron chi connectivity index (χ1n) is 9.39. The number of hydrogen-bond acceptors (Lipinski definition) is 2. The molecule has 1 aliphatic heterocycles. The fourth-order valence-electron chi connectivity index (χ4n) is 3.44. The third kappa shape index (κ3) is 6.02. The van der Waals surface area contributed by atoms with Crippen LogP contribution in [-0.2, 0) is 17.6 Å². The molecule has 0 unspecified atom stereocenters. The van der Waals surface area contributed by atoms with Crippen LogP contribution in [0.3, 0.4) is 0 Å². The van der Waals surface area contributed by atoms with E-state index in [1.165, 1.54) is 11.1 Å². The molecule has 132 valence electrons. The Kier molecular flexibility index (Phi) is 6.63. The van der Waals surface area contributed by atoms with Crippen LogP contribution in [0.4, 0.5) is 0 Å². The Morgan fingerprint density at radius 1 is 0.880 bits per heavy atom. The molecule has 1 amide bonds. The van der Waals surface area contributed by atoms with Crippen LogP contribution < -0.4 is 5.32 Å². The minimum atomic E-state index is 0.187. The summed E-state index contributed by atoms with van der Waals surface area (Å²) in [7, 11) is 0. The van der Waals surface area contributed by atoms with Gasteiger partial charge in [0.25, 0.3) is 0 Å². The van der Waals surface area contributed by atoms with Crippen molar-refractivity contribution < 1.29 is 4.79 Å². The molecule has 0 radical (unpaired) electrons. The molecule has 1 heterocycles. The number of benzene rings is 2. The fraction of sp³-hybridized carbons (Fsp3) is 0.409. The fourth-order valence-corrected chi connectivity index (χ4v) is 3.44. The van der Waals surface area contributed by atoms with Crippen LogP contribution in [-0.4, -0.2) is 36.5 Å². The van der Waals surface area contributed by atoms with Crippen LogP contribution in [0.2, 0.25) is 0 Å². The van der Waals surface area contributed by atoms with E-state index in [2.05, 4.69) is 52.7 Å². The maximum absolute atomic E-state index is 12.2. The van der Waals surface area contributed by atoms with E-state index in [0.717, 1.165) is 45.3 Å². The first kappa shape index (κ1) is 17.7. The van der Waals surface area contributed by atoms with E-state index < -0.39 is 0 Å². The molecule has 3 heteroatoms. The van der Waals surface area contributed by atoms with Crippen molar-refractivity contribution in [3.8, 4) is 0 Å². The first-order chi connectivity index (χ1) is 12.3. The minimum absolute atomic E-state index is 0.187. The van der Waals surface area contributed by atoms with Gasteiger partial charge in [-0.3, -0.25) is 4.79 Å². The number of aryl methyl sites for hydroxylation is 1. The Bertz CT molecular complexity index is 634. The quantitative estimate of drug-likeness (QED) is 0.840. The van der Waals surface area contributed by atoms with Crippen LogP contribution in [0.1, 0.15) is 30.4 Å². The summed E-state index contributed by atoms with van der Waals surface area (Å²) in [4.78, 5) is 14.7. The number of hydrogen-bond donors (Lipinski definition) is 1. The van der Waals surface area contributed by atoms with E-state index in [0.29, 0.717) is 12.5 Å². The van der Waals surface area contributed by atoms with Crippen molar-refractivity contribution in [2.75, 3.05) is 19.6 Å². The Labute approximate surface area is 151 Å². The molecule has 0 spiro atoms. The molecule has 0 bridgehead atoms. The normalized spacial score (nSPS) is 15.8. The Balaban J connectivity index is 1.32. The molecule has 1 saturated heterocycles. The second kappa shape index (κ2) is 9.38. The molecule has 0 aliphatic carbocycles. The third-order valence-corrected chi connectivity index (χ3v) is 5.00. The molecule has 25 heavy (non-hydrogen) atoms. The SMILES string of the molecule is O=C(CCc1ccccc1)NC1CCN(CCc2ccccc2)CC1. The number of amides is 1. The van der Waals surface area contributed by atoms with Crippen LogP contribution in [0.25, 0.3) is 0 Å². The number of piperidine rings is 1. The second-order valence-corrected chi connectivity index (χ2v) is 6.90. The maximum Gasteiger partial charge on any atom is 0.220 e. The molecule has 0 atom stereocenters. The maximum atomic E-state index is 12.2. The highest BCUT2D eigenvalue weighted by Crippen LogP contribution is 2.12. The van der Waals surface area contributed by atoms with Crippen molar-refractivity contribution in [3.63, 3.8) is 0 Å².